The minimum absolute atomic E-state index is 0.0284. The van der Waals surface area contributed by atoms with Crippen LogP contribution in [0.2, 0.25) is 0 Å². The first-order valence-corrected chi connectivity index (χ1v) is 13.9. The standard InChI is InChI=1S/C31H31F3N6O2/c1-2-39-13-15-40(16-14-39)20-25-9-8-24(18-26(25)31(32,33)34)30(42)38-28-17-21(11-12-35-28)3-4-22-5-10-27(36-19-22)37-29(41)23-6-7-23/h5,8-12,17-19,23H,2,6-7,13-16,20H2,1H3,(H,35,38,42)(H,36,37,41). The number of rotatable bonds is 7. The molecule has 0 bridgehead atoms. The average Bonchev–Trinajstić information content (AvgIpc) is 3.83. The van der Waals surface area contributed by atoms with E-state index in [4.69, 9.17) is 0 Å². The predicted octanol–water partition coefficient (Wildman–Crippen LogP) is 4.63. The number of hydrogen-bond acceptors (Lipinski definition) is 6. The Labute approximate surface area is 242 Å². The number of carbonyl (C=O) groups excluding carboxylic acids is 2. The highest BCUT2D eigenvalue weighted by atomic mass is 19.4. The maximum absolute atomic E-state index is 14.0. The Kier molecular flexibility index (Phi) is 8.85. The van der Waals surface area contributed by atoms with E-state index in [1.807, 2.05) is 4.90 Å². The van der Waals surface area contributed by atoms with Gasteiger partial charge in [-0.25, -0.2) is 9.97 Å². The Hall–Kier alpha value is -4.27. The lowest BCUT2D eigenvalue weighted by Crippen LogP contribution is -2.45. The predicted molar refractivity (Wildman–Crippen MR) is 153 cm³/mol. The third kappa shape index (κ3) is 7.72. The molecule has 1 aromatic carbocycles. The topological polar surface area (TPSA) is 90.5 Å². The number of hydrogen-bond donors (Lipinski definition) is 2. The smallest absolute Gasteiger partial charge is 0.310 e. The van der Waals surface area contributed by atoms with Gasteiger partial charge >= 0.3 is 6.18 Å². The van der Waals surface area contributed by atoms with Gasteiger partial charge in [0.25, 0.3) is 5.91 Å². The summed E-state index contributed by atoms with van der Waals surface area (Å²) < 4.78 is 41.9. The van der Waals surface area contributed by atoms with Crippen molar-refractivity contribution in [1.82, 2.24) is 19.8 Å². The zero-order valence-corrected chi connectivity index (χ0v) is 23.2. The number of likely N-dealkylation sites (N-methyl/N-ethyl adjacent to an activating group) is 1. The number of piperazine rings is 1. The van der Waals surface area contributed by atoms with Gasteiger partial charge in [0.15, 0.2) is 0 Å². The number of alkyl halides is 3. The van der Waals surface area contributed by atoms with Crippen molar-refractivity contribution in [2.45, 2.75) is 32.5 Å². The summed E-state index contributed by atoms with van der Waals surface area (Å²) in [6, 6.07) is 10.3. The molecule has 0 radical (unpaired) electrons. The van der Waals surface area contributed by atoms with Crippen molar-refractivity contribution in [2.75, 3.05) is 43.4 Å². The lowest BCUT2D eigenvalue weighted by atomic mass is 10.0. The minimum Gasteiger partial charge on any atom is -0.310 e. The molecule has 1 aliphatic heterocycles. The lowest BCUT2D eigenvalue weighted by molar-refractivity contribution is -0.138. The molecule has 0 unspecified atom stereocenters. The Morgan fingerprint density at radius 2 is 1.64 bits per heavy atom. The van der Waals surface area contributed by atoms with Gasteiger partial charge in [-0.15, -0.1) is 0 Å². The summed E-state index contributed by atoms with van der Waals surface area (Å²) >= 11 is 0. The molecule has 1 saturated heterocycles. The molecule has 0 spiro atoms. The van der Waals surface area contributed by atoms with Gasteiger partial charge in [0.2, 0.25) is 5.91 Å². The Morgan fingerprint density at radius 1 is 0.905 bits per heavy atom. The normalized spacial score (nSPS) is 15.9. The van der Waals surface area contributed by atoms with Crippen LogP contribution < -0.4 is 10.6 Å². The molecule has 2 N–H and O–H groups in total. The van der Waals surface area contributed by atoms with Gasteiger partial charge < -0.3 is 15.5 Å². The molecule has 1 saturated carbocycles. The summed E-state index contributed by atoms with van der Waals surface area (Å²) in [4.78, 5) is 37.4. The molecule has 3 aromatic rings. The highest BCUT2D eigenvalue weighted by Crippen LogP contribution is 2.34. The van der Waals surface area contributed by atoms with E-state index in [1.54, 1.807) is 24.4 Å². The van der Waals surface area contributed by atoms with E-state index in [0.29, 0.717) is 30.0 Å². The van der Waals surface area contributed by atoms with Gasteiger partial charge in [-0.1, -0.05) is 24.8 Å². The number of carbonyl (C=O) groups is 2. The Bertz CT molecular complexity index is 1500. The van der Waals surface area contributed by atoms with Crippen LogP contribution in [0.3, 0.4) is 0 Å². The highest BCUT2D eigenvalue weighted by Gasteiger charge is 2.35. The van der Waals surface area contributed by atoms with E-state index in [0.717, 1.165) is 38.5 Å². The van der Waals surface area contributed by atoms with Crippen molar-refractivity contribution in [3.63, 3.8) is 0 Å². The second-order valence-electron chi connectivity index (χ2n) is 10.4. The molecular weight excluding hydrogens is 545 g/mol. The molecule has 2 aromatic heterocycles. The first-order valence-electron chi connectivity index (χ1n) is 13.9. The van der Waals surface area contributed by atoms with Crippen molar-refractivity contribution >= 4 is 23.5 Å². The molecule has 1 aliphatic carbocycles. The van der Waals surface area contributed by atoms with Crippen LogP contribution in [-0.2, 0) is 17.5 Å². The number of amides is 2. The molecule has 5 rings (SSSR count). The molecule has 11 heteroatoms. The number of anilines is 2. The number of nitrogens with zero attached hydrogens (tertiary/aromatic N) is 4. The van der Waals surface area contributed by atoms with Gasteiger partial charge in [0, 0.05) is 67.7 Å². The number of halogens is 3. The molecular formula is C31H31F3N6O2. The maximum atomic E-state index is 14.0. The van der Waals surface area contributed by atoms with Crippen LogP contribution in [0.4, 0.5) is 24.8 Å². The second-order valence-corrected chi connectivity index (χ2v) is 10.4. The van der Waals surface area contributed by atoms with Crippen molar-refractivity contribution < 1.29 is 22.8 Å². The number of aromatic nitrogens is 2. The van der Waals surface area contributed by atoms with E-state index in [9.17, 15) is 22.8 Å². The fourth-order valence-electron chi connectivity index (χ4n) is 4.65. The van der Waals surface area contributed by atoms with Crippen LogP contribution in [0, 0.1) is 17.8 Å². The minimum atomic E-state index is -4.60. The summed E-state index contributed by atoms with van der Waals surface area (Å²) in [5.74, 6) is 5.89. The van der Waals surface area contributed by atoms with Crippen LogP contribution in [0.25, 0.3) is 0 Å². The van der Waals surface area contributed by atoms with Crippen molar-refractivity contribution in [1.29, 1.82) is 0 Å². The van der Waals surface area contributed by atoms with Crippen LogP contribution in [-0.4, -0.2) is 64.3 Å². The molecule has 2 aliphatic rings. The molecule has 2 amide bonds. The van der Waals surface area contributed by atoms with Gasteiger partial charge in [-0.05, 0) is 61.3 Å². The fourth-order valence-corrected chi connectivity index (χ4v) is 4.65. The summed E-state index contributed by atoms with van der Waals surface area (Å²) in [5.41, 5.74) is 0.384. The van der Waals surface area contributed by atoms with Gasteiger partial charge in [-0.3, -0.25) is 14.5 Å². The molecule has 0 atom stereocenters. The van der Waals surface area contributed by atoms with Crippen LogP contribution in [0.5, 0.6) is 0 Å². The van der Waals surface area contributed by atoms with Crippen LogP contribution in [0.1, 0.15) is 52.4 Å². The van der Waals surface area contributed by atoms with E-state index in [1.165, 1.54) is 24.4 Å². The monoisotopic (exact) mass is 576 g/mol. The lowest BCUT2D eigenvalue weighted by Gasteiger charge is -2.34. The SMILES string of the molecule is CCN1CCN(Cc2ccc(C(=O)Nc3cc(C#Cc4ccc(NC(=O)C5CC5)nc4)ccn3)cc2C(F)(F)F)CC1. The van der Waals surface area contributed by atoms with Crippen molar-refractivity contribution in [3.05, 3.63) is 82.7 Å². The molecule has 3 heterocycles. The van der Waals surface area contributed by atoms with Crippen LogP contribution >= 0.6 is 0 Å². The maximum Gasteiger partial charge on any atom is 0.416 e. The Balaban J connectivity index is 1.24. The highest BCUT2D eigenvalue weighted by molar-refractivity contribution is 6.04. The molecule has 218 valence electrons. The molecule has 8 nitrogen and oxygen atoms in total. The largest absolute Gasteiger partial charge is 0.416 e. The fraction of sp³-hybridized carbons (Fsp3) is 0.355. The summed E-state index contributed by atoms with van der Waals surface area (Å²) in [6.45, 7) is 6.18. The second kappa shape index (κ2) is 12.7. The van der Waals surface area contributed by atoms with E-state index in [-0.39, 0.29) is 35.3 Å². The summed E-state index contributed by atoms with van der Waals surface area (Å²) in [5, 5.41) is 5.34. The first-order chi connectivity index (χ1) is 20.2. The van der Waals surface area contributed by atoms with Gasteiger partial charge in [0.1, 0.15) is 11.6 Å². The summed E-state index contributed by atoms with van der Waals surface area (Å²) in [6.07, 6.45) is 0.216. The van der Waals surface area contributed by atoms with E-state index >= 15 is 0 Å². The molecule has 42 heavy (non-hydrogen) atoms. The average molecular weight is 577 g/mol. The quantitative estimate of drug-likeness (QED) is 0.399. The summed E-state index contributed by atoms with van der Waals surface area (Å²) in [7, 11) is 0. The number of benzene rings is 1. The zero-order chi connectivity index (χ0) is 29.7. The van der Waals surface area contributed by atoms with Crippen molar-refractivity contribution in [2.24, 2.45) is 5.92 Å². The van der Waals surface area contributed by atoms with E-state index in [2.05, 4.69) is 44.3 Å². The third-order valence-electron chi connectivity index (χ3n) is 7.30. The molecule has 2 fully saturated rings. The number of pyridine rings is 2. The van der Waals surface area contributed by atoms with Gasteiger partial charge in [0.05, 0.1) is 5.56 Å². The third-order valence-corrected chi connectivity index (χ3v) is 7.30. The van der Waals surface area contributed by atoms with Crippen molar-refractivity contribution in [3.8, 4) is 11.8 Å². The van der Waals surface area contributed by atoms with Gasteiger partial charge in [-0.2, -0.15) is 13.2 Å². The Morgan fingerprint density at radius 3 is 2.31 bits per heavy atom. The number of nitrogens with one attached hydrogen (secondary N) is 2. The van der Waals surface area contributed by atoms with E-state index < -0.39 is 17.6 Å². The first kappa shape index (κ1) is 29.2. The zero-order valence-electron chi connectivity index (χ0n) is 23.2. The van der Waals surface area contributed by atoms with Crippen LogP contribution in [0.15, 0.2) is 54.9 Å².